The van der Waals surface area contributed by atoms with Gasteiger partial charge in [0.15, 0.2) is 0 Å². The lowest BCUT2D eigenvalue weighted by atomic mass is 10.0. The molecule has 0 aliphatic heterocycles. The van der Waals surface area contributed by atoms with Crippen LogP contribution in [0.2, 0.25) is 0 Å². The van der Waals surface area contributed by atoms with Crippen molar-refractivity contribution in [2.24, 2.45) is 0 Å². The Labute approximate surface area is 149 Å². The summed E-state index contributed by atoms with van der Waals surface area (Å²) in [6.45, 7) is 2.27. The van der Waals surface area contributed by atoms with Crippen molar-refractivity contribution in [2.45, 2.75) is 110 Å². The Balaban J connectivity index is 0. The van der Waals surface area contributed by atoms with Crippen molar-refractivity contribution < 1.29 is 4.79 Å². The van der Waals surface area contributed by atoms with Gasteiger partial charge in [0, 0.05) is 6.42 Å². The summed E-state index contributed by atoms with van der Waals surface area (Å²) in [6, 6.07) is 0. The standard InChI is InChI=1S/C20H36O.BrH/c1-3-5-6-7-8-9-10-11-12-13-14-15-16-17-18-19-20(21)4-2;/h2H,3,5-19H2,1H3;1H. The second-order valence-corrected chi connectivity index (χ2v) is 6.27. The van der Waals surface area contributed by atoms with Gasteiger partial charge in [-0.25, -0.2) is 0 Å². The number of hydrogen-bond donors (Lipinski definition) is 0. The molecule has 1 nitrogen and oxygen atoms in total. The van der Waals surface area contributed by atoms with Gasteiger partial charge in [-0.3, -0.25) is 4.79 Å². The van der Waals surface area contributed by atoms with Crippen LogP contribution in [0.3, 0.4) is 0 Å². The third-order valence-corrected chi connectivity index (χ3v) is 4.17. The molecule has 22 heavy (non-hydrogen) atoms. The van der Waals surface area contributed by atoms with Crippen molar-refractivity contribution in [1.29, 1.82) is 0 Å². The fourth-order valence-corrected chi connectivity index (χ4v) is 2.73. The van der Waals surface area contributed by atoms with Gasteiger partial charge in [0.1, 0.15) is 0 Å². The molecular weight excluding hydrogens is 336 g/mol. The van der Waals surface area contributed by atoms with Gasteiger partial charge in [-0.15, -0.1) is 23.4 Å². The number of hydrogen-bond acceptors (Lipinski definition) is 1. The van der Waals surface area contributed by atoms with Crippen LogP contribution in [0.5, 0.6) is 0 Å². The number of carbonyl (C=O) groups excluding carboxylic acids is 1. The van der Waals surface area contributed by atoms with Gasteiger partial charge in [0.05, 0.1) is 0 Å². The number of ketones is 1. The highest BCUT2D eigenvalue weighted by Gasteiger charge is 1.97. The van der Waals surface area contributed by atoms with Crippen molar-refractivity contribution in [1.82, 2.24) is 0 Å². The van der Waals surface area contributed by atoms with E-state index in [9.17, 15) is 4.79 Å². The molecular formula is C20H37BrO. The number of rotatable bonds is 16. The minimum absolute atomic E-state index is 0. The van der Waals surface area contributed by atoms with Crippen LogP contribution in [0.15, 0.2) is 0 Å². The van der Waals surface area contributed by atoms with E-state index in [2.05, 4.69) is 12.8 Å². The van der Waals surface area contributed by atoms with Crippen LogP contribution in [-0.4, -0.2) is 5.78 Å². The van der Waals surface area contributed by atoms with Crippen molar-refractivity contribution in [3.05, 3.63) is 0 Å². The van der Waals surface area contributed by atoms with E-state index in [1.165, 1.54) is 83.5 Å². The molecule has 0 rings (SSSR count). The van der Waals surface area contributed by atoms with Crippen molar-refractivity contribution in [2.75, 3.05) is 0 Å². The molecule has 0 saturated carbocycles. The Morgan fingerprint density at radius 3 is 1.32 bits per heavy atom. The molecule has 0 radical (unpaired) electrons. The molecule has 0 bridgehead atoms. The van der Waals surface area contributed by atoms with Crippen LogP contribution in [0.25, 0.3) is 0 Å². The predicted octanol–water partition coefficient (Wildman–Crippen LogP) is 7.03. The first-order chi connectivity index (χ1) is 10.3. The van der Waals surface area contributed by atoms with E-state index in [1.54, 1.807) is 0 Å². The van der Waals surface area contributed by atoms with E-state index >= 15 is 0 Å². The monoisotopic (exact) mass is 372 g/mol. The minimum Gasteiger partial charge on any atom is -0.285 e. The molecule has 0 heterocycles. The second kappa shape index (κ2) is 20.7. The maximum absolute atomic E-state index is 10.9. The van der Waals surface area contributed by atoms with E-state index in [1.807, 2.05) is 0 Å². The van der Waals surface area contributed by atoms with E-state index in [0.29, 0.717) is 6.42 Å². The SMILES string of the molecule is Br.C#CC(=O)CCCCCCCCCCCCCCCCC. The molecule has 0 amide bonds. The number of unbranched alkanes of at least 4 members (excludes halogenated alkanes) is 14. The molecule has 0 spiro atoms. The molecule has 0 aromatic carbocycles. The fraction of sp³-hybridized carbons (Fsp3) is 0.850. The highest BCUT2D eigenvalue weighted by Crippen LogP contribution is 2.13. The van der Waals surface area contributed by atoms with Gasteiger partial charge in [-0.2, -0.15) is 0 Å². The topological polar surface area (TPSA) is 17.1 Å². The summed E-state index contributed by atoms with van der Waals surface area (Å²) in [5.41, 5.74) is 0. The lowest BCUT2D eigenvalue weighted by molar-refractivity contribution is -0.113. The number of halogens is 1. The summed E-state index contributed by atoms with van der Waals surface area (Å²) in [5, 5.41) is 0. The minimum atomic E-state index is -0.0373. The Hall–Kier alpha value is -0.290. The zero-order chi connectivity index (χ0) is 15.6. The maximum Gasteiger partial charge on any atom is 0.205 e. The van der Waals surface area contributed by atoms with E-state index < -0.39 is 0 Å². The second-order valence-electron chi connectivity index (χ2n) is 6.27. The molecule has 130 valence electrons. The summed E-state index contributed by atoms with van der Waals surface area (Å²) in [6.07, 6.45) is 25.8. The molecule has 0 fully saturated rings. The third-order valence-electron chi connectivity index (χ3n) is 4.17. The zero-order valence-electron chi connectivity index (χ0n) is 14.7. The molecule has 0 unspecified atom stereocenters. The first kappa shape index (κ1) is 24.0. The first-order valence-electron chi connectivity index (χ1n) is 9.30. The lowest BCUT2D eigenvalue weighted by Crippen LogP contribution is -1.92. The molecule has 0 aliphatic carbocycles. The van der Waals surface area contributed by atoms with Crippen molar-refractivity contribution in [3.8, 4) is 12.3 Å². The van der Waals surface area contributed by atoms with Crippen LogP contribution < -0.4 is 0 Å². The Morgan fingerprint density at radius 1 is 0.682 bits per heavy atom. The summed E-state index contributed by atoms with van der Waals surface area (Å²) in [4.78, 5) is 10.9. The molecule has 0 atom stereocenters. The smallest absolute Gasteiger partial charge is 0.205 e. The van der Waals surface area contributed by atoms with Gasteiger partial charge in [0.25, 0.3) is 0 Å². The number of Topliss-reactive ketones (excluding diaryl/α,β-unsaturated/α-hetero) is 1. The van der Waals surface area contributed by atoms with Crippen LogP contribution in [0.1, 0.15) is 110 Å². The van der Waals surface area contributed by atoms with Crippen LogP contribution in [0, 0.1) is 12.3 Å². The predicted molar refractivity (Wildman–Crippen MR) is 104 cm³/mol. The van der Waals surface area contributed by atoms with E-state index in [-0.39, 0.29) is 22.8 Å². The maximum atomic E-state index is 10.9. The lowest BCUT2D eigenvalue weighted by Gasteiger charge is -2.03. The largest absolute Gasteiger partial charge is 0.285 e. The zero-order valence-corrected chi connectivity index (χ0v) is 16.4. The molecule has 0 aliphatic rings. The van der Waals surface area contributed by atoms with Crippen LogP contribution in [0.4, 0.5) is 0 Å². The normalized spacial score (nSPS) is 10.0. The number of terminal acetylenes is 1. The van der Waals surface area contributed by atoms with Crippen LogP contribution in [-0.2, 0) is 4.79 Å². The highest BCUT2D eigenvalue weighted by atomic mass is 79.9. The van der Waals surface area contributed by atoms with Gasteiger partial charge in [0.2, 0.25) is 5.78 Å². The Kier molecular flexibility index (Phi) is 22.6. The van der Waals surface area contributed by atoms with Gasteiger partial charge in [-0.1, -0.05) is 96.8 Å². The Morgan fingerprint density at radius 2 is 1.00 bits per heavy atom. The van der Waals surface area contributed by atoms with Gasteiger partial charge < -0.3 is 0 Å². The van der Waals surface area contributed by atoms with Crippen molar-refractivity contribution >= 4 is 22.8 Å². The van der Waals surface area contributed by atoms with E-state index in [4.69, 9.17) is 6.42 Å². The molecule has 0 N–H and O–H groups in total. The molecule has 2 heteroatoms. The summed E-state index contributed by atoms with van der Waals surface area (Å²) in [5.74, 6) is 2.14. The molecule has 0 aromatic rings. The summed E-state index contributed by atoms with van der Waals surface area (Å²) >= 11 is 0. The summed E-state index contributed by atoms with van der Waals surface area (Å²) in [7, 11) is 0. The Bertz CT molecular complexity index is 267. The number of carbonyl (C=O) groups is 1. The fourth-order valence-electron chi connectivity index (χ4n) is 2.73. The quantitative estimate of drug-likeness (QED) is 0.161. The van der Waals surface area contributed by atoms with Gasteiger partial charge >= 0.3 is 0 Å². The highest BCUT2D eigenvalue weighted by molar-refractivity contribution is 8.93. The van der Waals surface area contributed by atoms with Crippen molar-refractivity contribution in [3.63, 3.8) is 0 Å². The summed E-state index contributed by atoms with van der Waals surface area (Å²) < 4.78 is 0. The first-order valence-corrected chi connectivity index (χ1v) is 9.30. The third kappa shape index (κ3) is 19.7. The average Bonchev–Trinajstić information content (AvgIpc) is 2.50. The average molecular weight is 373 g/mol. The van der Waals surface area contributed by atoms with E-state index in [0.717, 1.165) is 12.8 Å². The van der Waals surface area contributed by atoms with Crippen LogP contribution >= 0.6 is 17.0 Å². The molecule has 0 aromatic heterocycles. The molecule has 0 saturated heterocycles. The van der Waals surface area contributed by atoms with Gasteiger partial charge in [-0.05, 0) is 12.3 Å².